The Morgan fingerprint density at radius 3 is 2.46 bits per heavy atom. The molecule has 1 saturated heterocycles. The summed E-state index contributed by atoms with van der Waals surface area (Å²) in [4.78, 5) is 34.7. The van der Waals surface area contributed by atoms with Gasteiger partial charge in [-0.1, -0.05) is 12.1 Å². The molecule has 0 bridgehead atoms. The summed E-state index contributed by atoms with van der Waals surface area (Å²) in [6.07, 6.45) is 0.451. The average Bonchev–Trinajstić information content (AvgIpc) is 2.96. The number of nitrogens with one attached hydrogen (secondary N) is 1. The summed E-state index contributed by atoms with van der Waals surface area (Å²) >= 11 is 0. The Morgan fingerprint density at radius 2 is 1.88 bits per heavy atom. The third-order valence-electron chi connectivity index (χ3n) is 4.01. The van der Waals surface area contributed by atoms with Crippen LogP contribution in [0.3, 0.4) is 0 Å². The molecule has 1 aliphatic heterocycles. The number of sulfone groups is 1. The first-order chi connectivity index (χ1) is 12.3. The lowest BCUT2D eigenvalue weighted by atomic mass is 10.1. The Labute approximate surface area is 151 Å². The van der Waals surface area contributed by atoms with Crippen molar-refractivity contribution in [3.8, 4) is 0 Å². The van der Waals surface area contributed by atoms with E-state index in [9.17, 15) is 22.8 Å². The van der Waals surface area contributed by atoms with Gasteiger partial charge in [-0.05, 0) is 30.0 Å². The minimum atomic E-state index is -3.04. The first-order valence-electron chi connectivity index (χ1n) is 8.09. The summed E-state index contributed by atoms with van der Waals surface area (Å²) in [5.74, 6) is -1.62. The molecule has 1 N–H and O–H groups in total. The Hall–Kier alpha value is -2.42. The number of carbonyl (C=O) groups excluding carboxylic acids is 3. The lowest BCUT2D eigenvalue weighted by Crippen LogP contribution is -2.28. The van der Waals surface area contributed by atoms with Crippen molar-refractivity contribution in [2.45, 2.75) is 19.4 Å². The summed E-state index contributed by atoms with van der Waals surface area (Å²) in [7, 11) is -1.74. The SMILES string of the molecule is COC(=O)c1ccc(CNC(=O)COC(=O)C[C@H]2CCS(=O)(=O)C2)cc1. The molecule has 8 nitrogen and oxygen atoms in total. The molecular formula is C17H21NO7S. The Morgan fingerprint density at radius 1 is 1.19 bits per heavy atom. The lowest BCUT2D eigenvalue weighted by Gasteiger charge is -2.09. The molecule has 0 saturated carbocycles. The maximum atomic E-state index is 11.7. The third kappa shape index (κ3) is 6.14. The first kappa shape index (κ1) is 19.9. The highest BCUT2D eigenvalue weighted by Crippen LogP contribution is 2.21. The maximum absolute atomic E-state index is 11.7. The van der Waals surface area contributed by atoms with Crippen LogP contribution in [0.1, 0.15) is 28.8 Å². The van der Waals surface area contributed by atoms with Gasteiger partial charge in [0.1, 0.15) is 0 Å². The van der Waals surface area contributed by atoms with Crippen LogP contribution in [0.15, 0.2) is 24.3 Å². The van der Waals surface area contributed by atoms with E-state index in [-0.39, 0.29) is 30.4 Å². The van der Waals surface area contributed by atoms with E-state index < -0.39 is 34.3 Å². The molecule has 142 valence electrons. The summed E-state index contributed by atoms with van der Waals surface area (Å²) in [6.45, 7) is -0.197. The second kappa shape index (κ2) is 8.79. The van der Waals surface area contributed by atoms with E-state index in [4.69, 9.17) is 4.74 Å². The normalized spacial score (nSPS) is 18.1. The van der Waals surface area contributed by atoms with Gasteiger partial charge in [-0.2, -0.15) is 0 Å². The number of amides is 1. The molecule has 1 aromatic rings. The summed E-state index contributed by atoms with van der Waals surface area (Å²) in [5.41, 5.74) is 1.18. The highest BCUT2D eigenvalue weighted by Gasteiger charge is 2.29. The van der Waals surface area contributed by atoms with Crippen molar-refractivity contribution in [2.24, 2.45) is 5.92 Å². The number of carbonyl (C=O) groups is 3. The van der Waals surface area contributed by atoms with Crippen LogP contribution < -0.4 is 5.32 Å². The largest absolute Gasteiger partial charge is 0.465 e. The van der Waals surface area contributed by atoms with Gasteiger partial charge in [-0.15, -0.1) is 0 Å². The molecule has 1 aliphatic rings. The van der Waals surface area contributed by atoms with Crippen molar-refractivity contribution in [1.82, 2.24) is 5.32 Å². The molecule has 1 aromatic carbocycles. The second-order valence-corrected chi connectivity index (χ2v) is 8.33. The molecule has 1 atom stereocenters. The molecular weight excluding hydrogens is 362 g/mol. The van der Waals surface area contributed by atoms with Crippen LogP contribution in [0, 0.1) is 5.92 Å². The molecule has 26 heavy (non-hydrogen) atoms. The van der Waals surface area contributed by atoms with Crippen LogP contribution in [0.5, 0.6) is 0 Å². The van der Waals surface area contributed by atoms with Gasteiger partial charge in [0.15, 0.2) is 16.4 Å². The predicted molar refractivity (Wildman–Crippen MR) is 92.0 cm³/mol. The van der Waals surface area contributed by atoms with Crippen LogP contribution in [0.4, 0.5) is 0 Å². The highest BCUT2D eigenvalue weighted by molar-refractivity contribution is 7.91. The smallest absolute Gasteiger partial charge is 0.337 e. The minimum absolute atomic E-state index is 0.00149. The van der Waals surface area contributed by atoms with E-state index >= 15 is 0 Å². The number of rotatable bonds is 7. The molecule has 2 rings (SSSR count). The van der Waals surface area contributed by atoms with Gasteiger partial charge in [-0.3, -0.25) is 9.59 Å². The standard InChI is InChI=1S/C17H21NO7S/c1-24-17(21)14-4-2-12(3-5-14)9-18-15(19)10-25-16(20)8-13-6-7-26(22,23)11-13/h2-5,13H,6-11H2,1H3,(H,18,19)/t13-/m1/s1. The summed E-state index contributed by atoms with van der Waals surface area (Å²) in [6, 6.07) is 6.53. The van der Waals surface area contributed by atoms with Gasteiger partial charge in [-0.25, -0.2) is 13.2 Å². The maximum Gasteiger partial charge on any atom is 0.337 e. The number of esters is 2. The van der Waals surface area contributed by atoms with E-state index in [0.717, 1.165) is 5.56 Å². The predicted octanol–water partition coefficient (Wildman–Crippen LogP) is 0.457. The van der Waals surface area contributed by atoms with Crippen molar-refractivity contribution < 1.29 is 32.3 Å². The van der Waals surface area contributed by atoms with Gasteiger partial charge >= 0.3 is 11.9 Å². The molecule has 1 heterocycles. The van der Waals surface area contributed by atoms with E-state index in [1.807, 2.05) is 0 Å². The van der Waals surface area contributed by atoms with E-state index in [1.165, 1.54) is 7.11 Å². The van der Waals surface area contributed by atoms with E-state index in [0.29, 0.717) is 12.0 Å². The molecule has 0 radical (unpaired) electrons. The molecule has 0 unspecified atom stereocenters. The van der Waals surface area contributed by atoms with Crippen LogP contribution >= 0.6 is 0 Å². The topological polar surface area (TPSA) is 116 Å². The molecule has 9 heteroatoms. The summed E-state index contributed by atoms with van der Waals surface area (Å²) < 4.78 is 32.2. The average molecular weight is 383 g/mol. The van der Waals surface area contributed by atoms with Gasteiger partial charge in [0.25, 0.3) is 5.91 Å². The fraction of sp³-hybridized carbons (Fsp3) is 0.471. The van der Waals surface area contributed by atoms with E-state index in [2.05, 4.69) is 10.1 Å². The second-order valence-electron chi connectivity index (χ2n) is 6.10. The lowest BCUT2D eigenvalue weighted by molar-refractivity contribution is -0.149. The molecule has 0 aliphatic carbocycles. The van der Waals surface area contributed by atoms with Crippen molar-refractivity contribution in [3.63, 3.8) is 0 Å². The van der Waals surface area contributed by atoms with Crippen molar-refractivity contribution in [1.29, 1.82) is 0 Å². The van der Waals surface area contributed by atoms with Gasteiger partial charge in [0.05, 0.1) is 24.2 Å². The fourth-order valence-electron chi connectivity index (χ4n) is 2.60. The van der Waals surface area contributed by atoms with Gasteiger partial charge in [0.2, 0.25) is 0 Å². The first-order valence-corrected chi connectivity index (χ1v) is 9.91. The summed E-state index contributed by atoms with van der Waals surface area (Å²) in [5, 5.41) is 2.60. The third-order valence-corrected chi connectivity index (χ3v) is 5.85. The van der Waals surface area contributed by atoms with Crippen LogP contribution in [0.2, 0.25) is 0 Å². The molecule has 0 aromatic heterocycles. The fourth-order valence-corrected chi connectivity index (χ4v) is 4.46. The molecule has 0 spiro atoms. The Balaban J connectivity index is 1.68. The molecule has 1 amide bonds. The van der Waals surface area contributed by atoms with Crippen LogP contribution in [-0.4, -0.2) is 51.5 Å². The number of hydrogen-bond donors (Lipinski definition) is 1. The Kier molecular flexibility index (Phi) is 6.73. The zero-order chi connectivity index (χ0) is 19.2. The van der Waals surface area contributed by atoms with Crippen LogP contribution in [0.25, 0.3) is 0 Å². The number of ether oxygens (including phenoxy) is 2. The van der Waals surface area contributed by atoms with Gasteiger partial charge < -0.3 is 14.8 Å². The Bertz CT molecular complexity index is 771. The van der Waals surface area contributed by atoms with E-state index in [1.54, 1.807) is 24.3 Å². The number of hydrogen-bond acceptors (Lipinski definition) is 7. The van der Waals surface area contributed by atoms with Crippen LogP contribution in [-0.2, 0) is 35.4 Å². The number of benzene rings is 1. The van der Waals surface area contributed by atoms with Crippen molar-refractivity contribution in [2.75, 3.05) is 25.2 Å². The zero-order valence-electron chi connectivity index (χ0n) is 14.4. The van der Waals surface area contributed by atoms with Crippen molar-refractivity contribution >= 4 is 27.7 Å². The quantitative estimate of drug-likeness (QED) is 0.680. The van der Waals surface area contributed by atoms with Crippen molar-refractivity contribution in [3.05, 3.63) is 35.4 Å². The molecule has 1 fully saturated rings. The zero-order valence-corrected chi connectivity index (χ0v) is 15.2. The number of methoxy groups -OCH3 is 1. The highest BCUT2D eigenvalue weighted by atomic mass is 32.2. The van der Waals surface area contributed by atoms with Gasteiger partial charge in [0, 0.05) is 13.0 Å². The monoisotopic (exact) mass is 383 g/mol. The minimum Gasteiger partial charge on any atom is -0.465 e.